The van der Waals surface area contributed by atoms with Gasteiger partial charge in [0.1, 0.15) is 6.61 Å². The van der Waals surface area contributed by atoms with Crippen molar-refractivity contribution in [1.29, 1.82) is 0 Å². The van der Waals surface area contributed by atoms with E-state index in [2.05, 4.69) is 18.9 Å². The van der Waals surface area contributed by atoms with E-state index in [0.29, 0.717) is 18.4 Å². The summed E-state index contributed by atoms with van der Waals surface area (Å²) in [6, 6.07) is 1.92. The topological polar surface area (TPSA) is 44.1 Å². The Morgan fingerprint density at radius 2 is 2.39 bits per heavy atom. The zero-order chi connectivity index (χ0) is 13.0. The Hall–Kier alpha value is -1.58. The zero-order valence-corrected chi connectivity index (χ0v) is 11.0. The predicted molar refractivity (Wildman–Crippen MR) is 68.8 cm³/mol. The van der Waals surface area contributed by atoms with Gasteiger partial charge in [0, 0.05) is 18.9 Å². The lowest BCUT2D eigenvalue weighted by Gasteiger charge is -2.25. The molecule has 0 aliphatic carbocycles. The summed E-state index contributed by atoms with van der Waals surface area (Å²) < 4.78 is 6.99. The zero-order valence-electron chi connectivity index (χ0n) is 11.0. The molecule has 1 aliphatic heterocycles. The van der Waals surface area contributed by atoms with Crippen LogP contribution in [0, 0.1) is 17.8 Å². The number of cyclic esters (lactones) is 1. The second-order valence-corrected chi connectivity index (χ2v) is 5.13. The molecule has 0 N–H and O–H groups in total. The van der Waals surface area contributed by atoms with E-state index in [1.54, 1.807) is 6.20 Å². The summed E-state index contributed by atoms with van der Waals surface area (Å²) in [5, 5.41) is 4.23. The molecule has 4 nitrogen and oxygen atoms in total. The summed E-state index contributed by atoms with van der Waals surface area (Å²) in [6.07, 6.45) is 8.48. The normalized spacial score (nSPS) is 21.1. The number of hydrogen-bond donors (Lipinski definition) is 0. The maximum Gasteiger partial charge on any atom is 0.313 e. The molecule has 4 heteroatoms. The summed E-state index contributed by atoms with van der Waals surface area (Å²) in [7, 11) is 0. The van der Waals surface area contributed by atoms with E-state index >= 15 is 0 Å². The van der Waals surface area contributed by atoms with Crippen LogP contribution < -0.4 is 0 Å². The average molecular weight is 248 g/mol. The van der Waals surface area contributed by atoms with Crippen molar-refractivity contribution < 1.29 is 9.53 Å². The van der Waals surface area contributed by atoms with Gasteiger partial charge in [0.15, 0.2) is 0 Å². The number of carbonyl (C=O) groups is 1. The lowest BCUT2D eigenvalue weighted by Crippen LogP contribution is -2.26. The lowest BCUT2D eigenvalue weighted by atomic mass is 9.85. The van der Waals surface area contributed by atoms with E-state index < -0.39 is 0 Å². The second kappa shape index (κ2) is 5.85. The fourth-order valence-electron chi connectivity index (χ4n) is 2.24. The van der Waals surface area contributed by atoms with Gasteiger partial charge in [-0.3, -0.25) is 9.48 Å². The van der Waals surface area contributed by atoms with Crippen LogP contribution in [0.5, 0.6) is 0 Å². The third-order valence-corrected chi connectivity index (χ3v) is 3.47. The monoisotopic (exact) mass is 248 g/mol. The molecule has 1 aromatic rings. The van der Waals surface area contributed by atoms with Gasteiger partial charge in [-0.05, 0) is 24.3 Å². The highest BCUT2D eigenvalue weighted by atomic mass is 16.5. The molecule has 1 aliphatic rings. The number of rotatable bonds is 5. The second-order valence-electron chi connectivity index (χ2n) is 5.13. The van der Waals surface area contributed by atoms with Crippen LogP contribution in [0.2, 0.25) is 0 Å². The molecule has 2 rings (SSSR count). The molecule has 0 amide bonds. The standard InChI is InChI=1S/C14H20N2O2/c1-11(2)13(10-16-7-4-6-15-16)9-12-5-3-8-18-14(12)17/h3-7,11-13H,8-10H2,1-2H3. The molecule has 0 bridgehead atoms. The van der Waals surface area contributed by atoms with Gasteiger partial charge in [0.25, 0.3) is 0 Å². The number of carbonyl (C=O) groups excluding carboxylic acids is 1. The number of nitrogens with zero attached hydrogens (tertiary/aromatic N) is 2. The Labute approximate surface area is 108 Å². The van der Waals surface area contributed by atoms with Gasteiger partial charge in [-0.1, -0.05) is 26.0 Å². The number of hydrogen-bond acceptors (Lipinski definition) is 3. The molecule has 98 valence electrons. The maximum absolute atomic E-state index is 11.7. The fourth-order valence-corrected chi connectivity index (χ4v) is 2.24. The van der Waals surface area contributed by atoms with Crippen LogP contribution >= 0.6 is 0 Å². The summed E-state index contributed by atoms with van der Waals surface area (Å²) >= 11 is 0. The van der Waals surface area contributed by atoms with Crippen LogP contribution in [0.15, 0.2) is 30.6 Å². The average Bonchev–Trinajstić information content (AvgIpc) is 2.83. The fraction of sp³-hybridized carbons (Fsp3) is 0.571. The van der Waals surface area contributed by atoms with Gasteiger partial charge in [0.05, 0.1) is 5.92 Å². The van der Waals surface area contributed by atoms with Crippen LogP contribution in [0.4, 0.5) is 0 Å². The first kappa shape index (κ1) is 12.9. The van der Waals surface area contributed by atoms with E-state index in [9.17, 15) is 4.79 Å². The van der Waals surface area contributed by atoms with Crippen molar-refractivity contribution in [1.82, 2.24) is 9.78 Å². The van der Waals surface area contributed by atoms with Crippen molar-refractivity contribution in [3.8, 4) is 0 Å². The lowest BCUT2D eigenvalue weighted by molar-refractivity contribution is -0.147. The largest absolute Gasteiger partial charge is 0.461 e. The molecule has 0 saturated carbocycles. The van der Waals surface area contributed by atoms with Gasteiger partial charge < -0.3 is 4.74 Å². The first-order valence-electron chi connectivity index (χ1n) is 6.47. The number of ether oxygens (including phenoxy) is 1. The van der Waals surface area contributed by atoms with E-state index in [4.69, 9.17) is 4.74 Å². The van der Waals surface area contributed by atoms with Crippen LogP contribution in [-0.4, -0.2) is 22.4 Å². The molecule has 0 aromatic carbocycles. The Bertz CT molecular complexity index is 409. The molecule has 1 aromatic heterocycles. The minimum absolute atomic E-state index is 0.0939. The van der Waals surface area contributed by atoms with Gasteiger partial charge in [-0.15, -0.1) is 0 Å². The smallest absolute Gasteiger partial charge is 0.313 e. The molecular formula is C14H20N2O2. The Balaban J connectivity index is 1.99. The van der Waals surface area contributed by atoms with Crippen LogP contribution in [0.25, 0.3) is 0 Å². The van der Waals surface area contributed by atoms with Crippen molar-refractivity contribution >= 4 is 5.97 Å². The van der Waals surface area contributed by atoms with Crippen molar-refractivity contribution in [3.05, 3.63) is 30.6 Å². The summed E-state index contributed by atoms with van der Waals surface area (Å²) in [4.78, 5) is 11.7. The van der Waals surface area contributed by atoms with E-state index in [1.807, 2.05) is 29.1 Å². The Morgan fingerprint density at radius 3 is 3.00 bits per heavy atom. The van der Waals surface area contributed by atoms with Crippen LogP contribution in [0.3, 0.4) is 0 Å². The molecule has 2 heterocycles. The van der Waals surface area contributed by atoms with E-state index in [1.165, 1.54) is 0 Å². The number of esters is 1. The summed E-state index contributed by atoms with van der Waals surface area (Å²) in [5.41, 5.74) is 0. The van der Waals surface area contributed by atoms with Gasteiger partial charge in [-0.2, -0.15) is 5.10 Å². The van der Waals surface area contributed by atoms with Crippen molar-refractivity contribution in [2.45, 2.75) is 26.8 Å². The van der Waals surface area contributed by atoms with Gasteiger partial charge in [0.2, 0.25) is 0 Å². The van der Waals surface area contributed by atoms with Crippen molar-refractivity contribution in [3.63, 3.8) is 0 Å². The third kappa shape index (κ3) is 3.22. The van der Waals surface area contributed by atoms with E-state index in [0.717, 1.165) is 13.0 Å². The third-order valence-electron chi connectivity index (χ3n) is 3.47. The Kier molecular flexibility index (Phi) is 4.18. The minimum atomic E-state index is -0.0956. The van der Waals surface area contributed by atoms with Crippen molar-refractivity contribution in [2.24, 2.45) is 17.8 Å². The first-order chi connectivity index (χ1) is 8.66. The maximum atomic E-state index is 11.7. The quantitative estimate of drug-likeness (QED) is 0.593. The number of aromatic nitrogens is 2. The first-order valence-corrected chi connectivity index (χ1v) is 6.47. The molecule has 0 radical (unpaired) electrons. The highest BCUT2D eigenvalue weighted by molar-refractivity contribution is 5.75. The van der Waals surface area contributed by atoms with E-state index in [-0.39, 0.29) is 11.9 Å². The molecule has 2 atom stereocenters. The highest BCUT2D eigenvalue weighted by Gasteiger charge is 2.26. The van der Waals surface area contributed by atoms with Gasteiger partial charge >= 0.3 is 5.97 Å². The minimum Gasteiger partial charge on any atom is -0.461 e. The molecule has 0 spiro atoms. The Morgan fingerprint density at radius 1 is 1.56 bits per heavy atom. The van der Waals surface area contributed by atoms with Crippen LogP contribution in [-0.2, 0) is 16.1 Å². The molecule has 0 saturated heterocycles. The van der Waals surface area contributed by atoms with Crippen molar-refractivity contribution in [2.75, 3.05) is 6.61 Å². The van der Waals surface area contributed by atoms with Crippen LogP contribution in [0.1, 0.15) is 20.3 Å². The predicted octanol–water partition coefficient (Wildman–Crippen LogP) is 2.27. The van der Waals surface area contributed by atoms with Gasteiger partial charge in [-0.25, -0.2) is 0 Å². The highest BCUT2D eigenvalue weighted by Crippen LogP contribution is 2.25. The molecule has 2 unspecified atom stereocenters. The SMILES string of the molecule is CC(C)C(CC1C=CCOC1=O)Cn1cccn1. The molecular weight excluding hydrogens is 228 g/mol. The summed E-state index contributed by atoms with van der Waals surface area (Å²) in [5.74, 6) is 0.743. The molecule has 18 heavy (non-hydrogen) atoms. The summed E-state index contributed by atoms with van der Waals surface area (Å²) in [6.45, 7) is 5.64. The molecule has 0 fully saturated rings.